The van der Waals surface area contributed by atoms with Crippen LogP contribution in [-0.2, 0) is 6.42 Å². The highest BCUT2D eigenvalue weighted by Gasteiger charge is 2.14. The van der Waals surface area contributed by atoms with Crippen LogP contribution >= 0.6 is 0 Å². The van der Waals surface area contributed by atoms with Gasteiger partial charge in [-0.3, -0.25) is 4.98 Å². The summed E-state index contributed by atoms with van der Waals surface area (Å²) >= 11 is 0. The second-order valence-corrected chi connectivity index (χ2v) is 3.10. The number of hydrogen-bond donors (Lipinski definition) is 1. The number of hydrogen-bond acceptors (Lipinski definition) is 2. The average molecular weight is 173 g/mol. The van der Waals surface area contributed by atoms with Crippen LogP contribution in [0.25, 0.3) is 12.2 Å². The van der Waals surface area contributed by atoms with Crippen molar-refractivity contribution < 1.29 is 5.11 Å². The van der Waals surface area contributed by atoms with E-state index < -0.39 is 0 Å². The molecular weight excluding hydrogens is 162 g/mol. The number of fused-ring (bicyclic) bond motifs is 1. The van der Waals surface area contributed by atoms with E-state index in [9.17, 15) is 0 Å². The minimum atomic E-state index is 0.118. The largest absolute Gasteiger partial charge is 0.392 e. The van der Waals surface area contributed by atoms with Crippen LogP contribution in [0, 0.1) is 0 Å². The Bertz CT molecular complexity index is 380. The molecule has 66 valence electrons. The molecule has 1 aromatic rings. The quantitative estimate of drug-likeness (QED) is 0.737. The normalized spacial score (nSPS) is 13.8. The zero-order chi connectivity index (χ0) is 9.26. The molecule has 0 amide bonds. The minimum absolute atomic E-state index is 0.118. The van der Waals surface area contributed by atoms with Crippen LogP contribution in [0.3, 0.4) is 0 Å². The van der Waals surface area contributed by atoms with Gasteiger partial charge in [-0.1, -0.05) is 18.7 Å². The predicted octanol–water partition coefficient (Wildman–Crippen LogP) is 1.66. The molecule has 0 aliphatic heterocycles. The standard InChI is InChI=1S/C11H11NO/c1-2-9-3-4-12-11-6-8(7-13)5-10(9)11/h2-5,13H,1,6-7H2. The maximum Gasteiger partial charge on any atom is 0.0648 e. The fourth-order valence-electron chi connectivity index (χ4n) is 1.59. The number of aliphatic hydroxyl groups excluding tert-OH is 1. The van der Waals surface area contributed by atoms with E-state index in [1.165, 1.54) is 0 Å². The van der Waals surface area contributed by atoms with E-state index in [2.05, 4.69) is 11.6 Å². The summed E-state index contributed by atoms with van der Waals surface area (Å²) in [5.74, 6) is 0. The van der Waals surface area contributed by atoms with Crippen molar-refractivity contribution >= 4 is 12.2 Å². The Balaban J connectivity index is 2.51. The van der Waals surface area contributed by atoms with E-state index in [1.54, 1.807) is 6.20 Å². The van der Waals surface area contributed by atoms with Gasteiger partial charge in [0.1, 0.15) is 0 Å². The van der Waals surface area contributed by atoms with Gasteiger partial charge in [0, 0.05) is 18.2 Å². The van der Waals surface area contributed by atoms with Crippen LogP contribution in [0.5, 0.6) is 0 Å². The zero-order valence-electron chi connectivity index (χ0n) is 7.33. The molecule has 1 aliphatic rings. The second-order valence-electron chi connectivity index (χ2n) is 3.10. The van der Waals surface area contributed by atoms with Gasteiger partial charge in [0.2, 0.25) is 0 Å². The van der Waals surface area contributed by atoms with Gasteiger partial charge in [-0.15, -0.1) is 0 Å². The number of pyridine rings is 1. The van der Waals surface area contributed by atoms with Gasteiger partial charge in [-0.05, 0) is 17.2 Å². The molecule has 0 unspecified atom stereocenters. The van der Waals surface area contributed by atoms with Gasteiger partial charge < -0.3 is 5.11 Å². The van der Waals surface area contributed by atoms with Gasteiger partial charge in [-0.2, -0.15) is 0 Å². The van der Waals surface area contributed by atoms with Crippen molar-refractivity contribution in [2.45, 2.75) is 6.42 Å². The summed E-state index contributed by atoms with van der Waals surface area (Å²) < 4.78 is 0. The molecular formula is C11H11NO. The molecule has 1 heterocycles. The van der Waals surface area contributed by atoms with E-state index >= 15 is 0 Å². The highest BCUT2D eigenvalue weighted by atomic mass is 16.3. The van der Waals surface area contributed by atoms with Gasteiger partial charge >= 0.3 is 0 Å². The molecule has 2 rings (SSSR count). The molecule has 0 fully saturated rings. The van der Waals surface area contributed by atoms with Crippen molar-refractivity contribution in [3.8, 4) is 0 Å². The number of nitrogens with zero attached hydrogens (tertiary/aromatic N) is 1. The van der Waals surface area contributed by atoms with Crippen LogP contribution in [0.2, 0.25) is 0 Å². The molecule has 0 saturated carbocycles. The molecule has 2 heteroatoms. The van der Waals surface area contributed by atoms with E-state index in [0.717, 1.165) is 28.8 Å². The maximum atomic E-state index is 8.98. The van der Waals surface area contributed by atoms with Crippen molar-refractivity contribution in [2.75, 3.05) is 6.61 Å². The molecule has 0 atom stereocenters. The van der Waals surface area contributed by atoms with Gasteiger partial charge in [0.15, 0.2) is 0 Å². The predicted molar refractivity (Wildman–Crippen MR) is 53.1 cm³/mol. The Morgan fingerprint density at radius 2 is 2.46 bits per heavy atom. The maximum absolute atomic E-state index is 8.98. The van der Waals surface area contributed by atoms with Crippen LogP contribution in [0.15, 0.2) is 24.4 Å². The van der Waals surface area contributed by atoms with E-state index in [0.29, 0.717) is 0 Å². The summed E-state index contributed by atoms with van der Waals surface area (Å²) in [6.07, 6.45) is 6.37. The van der Waals surface area contributed by atoms with Crippen LogP contribution < -0.4 is 0 Å². The first-order valence-electron chi connectivity index (χ1n) is 4.25. The Morgan fingerprint density at radius 1 is 1.62 bits per heavy atom. The van der Waals surface area contributed by atoms with Crippen molar-refractivity contribution in [1.29, 1.82) is 0 Å². The van der Waals surface area contributed by atoms with Crippen LogP contribution in [-0.4, -0.2) is 16.7 Å². The summed E-state index contributed by atoms with van der Waals surface area (Å²) in [6.45, 7) is 3.86. The number of rotatable bonds is 2. The minimum Gasteiger partial charge on any atom is -0.392 e. The van der Waals surface area contributed by atoms with Gasteiger partial charge in [0.05, 0.1) is 12.3 Å². The highest BCUT2D eigenvalue weighted by molar-refractivity contribution is 5.71. The van der Waals surface area contributed by atoms with E-state index in [1.807, 2.05) is 18.2 Å². The number of aromatic nitrogens is 1. The molecule has 0 aromatic carbocycles. The Hall–Kier alpha value is -1.41. The second kappa shape index (κ2) is 3.15. The third-order valence-corrected chi connectivity index (χ3v) is 2.27. The molecule has 1 N–H and O–H groups in total. The molecule has 2 nitrogen and oxygen atoms in total. The lowest BCUT2D eigenvalue weighted by Gasteiger charge is -2.00. The third-order valence-electron chi connectivity index (χ3n) is 2.27. The van der Waals surface area contributed by atoms with Crippen molar-refractivity contribution in [1.82, 2.24) is 4.98 Å². The fraction of sp³-hybridized carbons (Fsp3) is 0.182. The van der Waals surface area contributed by atoms with Crippen molar-refractivity contribution in [3.63, 3.8) is 0 Å². The summed E-state index contributed by atoms with van der Waals surface area (Å²) in [6, 6.07) is 1.93. The Labute approximate surface area is 77.2 Å². The molecule has 0 radical (unpaired) electrons. The molecule has 0 spiro atoms. The van der Waals surface area contributed by atoms with E-state index in [4.69, 9.17) is 5.11 Å². The molecule has 0 saturated heterocycles. The average Bonchev–Trinajstić information content (AvgIpc) is 2.59. The number of aliphatic hydroxyl groups is 1. The van der Waals surface area contributed by atoms with Crippen molar-refractivity contribution in [2.24, 2.45) is 0 Å². The summed E-state index contributed by atoms with van der Waals surface area (Å²) in [7, 11) is 0. The first kappa shape index (κ1) is 8.20. The molecule has 13 heavy (non-hydrogen) atoms. The van der Waals surface area contributed by atoms with Gasteiger partial charge in [0.25, 0.3) is 0 Å². The summed E-state index contributed by atoms with van der Waals surface area (Å²) in [4.78, 5) is 4.26. The van der Waals surface area contributed by atoms with Crippen LogP contribution in [0.4, 0.5) is 0 Å². The highest BCUT2D eigenvalue weighted by Crippen LogP contribution is 2.26. The van der Waals surface area contributed by atoms with Crippen molar-refractivity contribution in [3.05, 3.63) is 41.2 Å². The zero-order valence-corrected chi connectivity index (χ0v) is 7.33. The first-order chi connectivity index (χ1) is 6.35. The lowest BCUT2D eigenvalue weighted by molar-refractivity contribution is 0.330. The smallest absolute Gasteiger partial charge is 0.0648 e. The fourth-order valence-corrected chi connectivity index (χ4v) is 1.59. The lowest BCUT2D eigenvalue weighted by atomic mass is 10.1. The lowest BCUT2D eigenvalue weighted by Crippen LogP contribution is -1.92. The topological polar surface area (TPSA) is 33.1 Å². The SMILES string of the molecule is C=Cc1ccnc2c1C=C(CO)C2. The summed E-state index contributed by atoms with van der Waals surface area (Å²) in [5.41, 5.74) is 4.27. The molecule has 0 bridgehead atoms. The molecule has 1 aromatic heterocycles. The van der Waals surface area contributed by atoms with Gasteiger partial charge in [-0.25, -0.2) is 0 Å². The third kappa shape index (κ3) is 1.29. The summed E-state index contributed by atoms with van der Waals surface area (Å²) in [5, 5.41) is 8.98. The molecule has 1 aliphatic carbocycles. The Kier molecular flexibility index (Phi) is 1.99. The monoisotopic (exact) mass is 173 g/mol. The van der Waals surface area contributed by atoms with E-state index in [-0.39, 0.29) is 6.61 Å². The Morgan fingerprint density at radius 3 is 3.15 bits per heavy atom. The van der Waals surface area contributed by atoms with Crippen LogP contribution in [0.1, 0.15) is 16.8 Å². The first-order valence-corrected chi connectivity index (χ1v) is 4.25.